The smallest absolute Gasteiger partial charge is 0.228 e. The highest BCUT2D eigenvalue weighted by Gasteiger charge is 2.03. The Kier molecular flexibility index (Phi) is 9.19. The van der Waals surface area contributed by atoms with E-state index in [1.54, 1.807) is 7.05 Å². The lowest BCUT2D eigenvalue weighted by Crippen LogP contribution is -2.39. The SMILES string of the molecule is CCCCOCCCNC(=NC)NCCc1nc(C)no1. The van der Waals surface area contributed by atoms with Gasteiger partial charge in [-0.25, -0.2) is 0 Å². The van der Waals surface area contributed by atoms with Crippen LogP contribution < -0.4 is 10.6 Å². The maximum absolute atomic E-state index is 5.50. The van der Waals surface area contributed by atoms with Crippen molar-refractivity contribution in [3.05, 3.63) is 11.7 Å². The molecule has 0 aliphatic rings. The molecule has 2 N–H and O–H groups in total. The van der Waals surface area contributed by atoms with E-state index in [0.29, 0.717) is 24.7 Å². The van der Waals surface area contributed by atoms with Gasteiger partial charge in [0.25, 0.3) is 0 Å². The van der Waals surface area contributed by atoms with Crippen LogP contribution in [0.1, 0.15) is 37.9 Å². The van der Waals surface area contributed by atoms with Crippen molar-refractivity contribution in [1.82, 2.24) is 20.8 Å². The zero-order chi connectivity index (χ0) is 15.3. The molecule has 0 aliphatic carbocycles. The molecule has 0 radical (unpaired) electrons. The van der Waals surface area contributed by atoms with Gasteiger partial charge in [0.2, 0.25) is 5.89 Å². The van der Waals surface area contributed by atoms with Crippen LogP contribution in [0.15, 0.2) is 9.52 Å². The average Bonchev–Trinajstić information content (AvgIpc) is 2.90. The molecule has 0 unspecified atom stereocenters. The Hall–Kier alpha value is -1.63. The lowest BCUT2D eigenvalue weighted by Gasteiger charge is -2.11. The summed E-state index contributed by atoms with van der Waals surface area (Å²) in [7, 11) is 1.75. The molecule has 0 saturated heterocycles. The van der Waals surface area contributed by atoms with E-state index >= 15 is 0 Å². The van der Waals surface area contributed by atoms with Gasteiger partial charge >= 0.3 is 0 Å². The lowest BCUT2D eigenvalue weighted by atomic mass is 10.4. The Bertz CT molecular complexity index is 406. The van der Waals surface area contributed by atoms with Gasteiger partial charge in [-0.05, 0) is 19.8 Å². The zero-order valence-corrected chi connectivity index (χ0v) is 13.3. The summed E-state index contributed by atoms with van der Waals surface area (Å²) in [6, 6.07) is 0. The highest BCUT2D eigenvalue weighted by Crippen LogP contribution is 1.95. The maximum atomic E-state index is 5.50. The summed E-state index contributed by atoms with van der Waals surface area (Å²) < 4.78 is 10.5. The van der Waals surface area contributed by atoms with E-state index in [-0.39, 0.29) is 0 Å². The third-order valence-corrected chi connectivity index (χ3v) is 2.82. The van der Waals surface area contributed by atoms with Gasteiger partial charge in [-0.15, -0.1) is 0 Å². The number of aliphatic imine (C=N–C) groups is 1. The summed E-state index contributed by atoms with van der Waals surface area (Å²) in [5.41, 5.74) is 0. The fourth-order valence-electron chi connectivity index (χ4n) is 1.68. The summed E-state index contributed by atoms with van der Waals surface area (Å²) in [6.07, 6.45) is 3.95. The molecular weight excluding hydrogens is 270 g/mol. The van der Waals surface area contributed by atoms with E-state index in [4.69, 9.17) is 9.26 Å². The minimum absolute atomic E-state index is 0.639. The fraction of sp³-hybridized carbons (Fsp3) is 0.786. The zero-order valence-electron chi connectivity index (χ0n) is 13.3. The Morgan fingerprint density at radius 3 is 2.67 bits per heavy atom. The normalized spacial score (nSPS) is 11.7. The number of ether oxygens (including phenoxy) is 1. The standard InChI is InChI=1S/C14H27N5O2/c1-4-5-10-20-11-6-8-16-14(15-3)17-9-7-13-18-12(2)19-21-13/h4-11H2,1-3H3,(H2,15,16,17). The molecule has 0 aliphatic heterocycles. The van der Waals surface area contributed by atoms with Crippen LogP contribution in [0.25, 0.3) is 0 Å². The minimum atomic E-state index is 0.639. The van der Waals surface area contributed by atoms with Crippen LogP contribution in [-0.2, 0) is 11.2 Å². The number of guanidine groups is 1. The van der Waals surface area contributed by atoms with E-state index in [2.05, 4.69) is 32.7 Å². The Labute approximate surface area is 126 Å². The van der Waals surface area contributed by atoms with Crippen LogP contribution in [0, 0.1) is 6.92 Å². The van der Waals surface area contributed by atoms with Crippen molar-refractivity contribution >= 4 is 5.96 Å². The predicted molar refractivity (Wildman–Crippen MR) is 82.4 cm³/mol. The predicted octanol–water partition coefficient (Wildman–Crippen LogP) is 1.29. The summed E-state index contributed by atoms with van der Waals surface area (Å²) in [5, 5.41) is 10.2. The van der Waals surface area contributed by atoms with E-state index in [1.165, 1.54) is 6.42 Å². The van der Waals surface area contributed by atoms with Crippen molar-refractivity contribution in [2.24, 2.45) is 4.99 Å². The Morgan fingerprint density at radius 2 is 2.00 bits per heavy atom. The van der Waals surface area contributed by atoms with Crippen molar-refractivity contribution < 1.29 is 9.26 Å². The van der Waals surface area contributed by atoms with E-state index in [1.807, 2.05) is 6.92 Å². The third-order valence-electron chi connectivity index (χ3n) is 2.82. The number of unbranched alkanes of at least 4 members (excludes halogenated alkanes) is 1. The molecule has 1 rings (SSSR count). The van der Waals surface area contributed by atoms with Crippen LogP contribution >= 0.6 is 0 Å². The van der Waals surface area contributed by atoms with Crippen LogP contribution in [0.4, 0.5) is 0 Å². The summed E-state index contributed by atoms with van der Waals surface area (Å²) >= 11 is 0. The van der Waals surface area contributed by atoms with Crippen LogP contribution in [0.3, 0.4) is 0 Å². The van der Waals surface area contributed by atoms with Crippen molar-refractivity contribution in [2.75, 3.05) is 33.4 Å². The molecule has 120 valence electrons. The topological polar surface area (TPSA) is 84.6 Å². The number of hydrogen-bond acceptors (Lipinski definition) is 5. The van der Waals surface area contributed by atoms with Gasteiger partial charge in [-0.3, -0.25) is 4.99 Å². The van der Waals surface area contributed by atoms with E-state index in [0.717, 1.165) is 38.6 Å². The van der Waals surface area contributed by atoms with Gasteiger partial charge in [0.1, 0.15) is 0 Å². The van der Waals surface area contributed by atoms with Gasteiger partial charge < -0.3 is 19.9 Å². The molecule has 0 atom stereocenters. The van der Waals surface area contributed by atoms with Gasteiger partial charge in [-0.2, -0.15) is 4.98 Å². The monoisotopic (exact) mass is 297 g/mol. The molecule has 1 heterocycles. The molecule has 21 heavy (non-hydrogen) atoms. The lowest BCUT2D eigenvalue weighted by molar-refractivity contribution is 0.129. The molecule has 0 saturated carbocycles. The molecule has 0 bridgehead atoms. The summed E-state index contributed by atoms with van der Waals surface area (Å²) in [5.74, 6) is 2.08. The fourth-order valence-corrected chi connectivity index (χ4v) is 1.68. The summed E-state index contributed by atoms with van der Waals surface area (Å²) in [4.78, 5) is 8.31. The first-order chi connectivity index (χ1) is 10.3. The highest BCUT2D eigenvalue weighted by atomic mass is 16.5. The first-order valence-electron chi connectivity index (χ1n) is 7.57. The molecule has 0 fully saturated rings. The van der Waals surface area contributed by atoms with Crippen LogP contribution in [-0.4, -0.2) is 49.5 Å². The molecule has 1 aromatic rings. The van der Waals surface area contributed by atoms with Gasteiger partial charge in [0.05, 0.1) is 0 Å². The highest BCUT2D eigenvalue weighted by molar-refractivity contribution is 5.79. The second-order valence-electron chi connectivity index (χ2n) is 4.73. The molecule has 7 nitrogen and oxygen atoms in total. The average molecular weight is 297 g/mol. The minimum Gasteiger partial charge on any atom is -0.381 e. The second-order valence-corrected chi connectivity index (χ2v) is 4.73. The number of hydrogen-bond donors (Lipinski definition) is 2. The van der Waals surface area contributed by atoms with Crippen molar-refractivity contribution in [1.29, 1.82) is 0 Å². The first-order valence-corrected chi connectivity index (χ1v) is 7.57. The number of rotatable bonds is 10. The Balaban J connectivity index is 2.04. The number of aromatic nitrogens is 2. The second kappa shape index (κ2) is 11.1. The van der Waals surface area contributed by atoms with Crippen molar-refractivity contribution in [3.8, 4) is 0 Å². The maximum Gasteiger partial charge on any atom is 0.228 e. The molecule has 1 aromatic heterocycles. The van der Waals surface area contributed by atoms with Gasteiger partial charge in [-0.1, -0.05) is 18.5 Å². The van der Waals surface area contributed by atoms with Gasteiger partial charge in [0.15, 0.2) is 11.8 Å². The van der Waals surface area contributed by atoms with E-state index in [9.17, 15) is 0 Å². The number of nitrogens with zero attached hydrogens (tertiary/aromatic N) is 3. The Morgan fingerprint density at radius 1 is 1.24 bits per heavy atom. The van der Waals surface area contributed by atoms with Gasteiger partial charge in [0, 0.05) is 39.8 Å². The van der Waals surface area contributed by atoms with Crippen molar-refractivity contribution in [3.63, 3.8) is 0 Å². The van der Waals surface area contributed by atoms with E-state index < -0.39 is 0 Å². The molecular formula is C14H27N5O2. The quantitative estimate of drug-likeness (QED) is 0.384. The number of aryl methyl sites for hydroxylation is 1. The van der Waals surface area contributed by atoms with Crippen LogP contribution in [0.5, 0.6) is 0 Å². The first kappa shape index (κ1) is 17.4. The van der Waals surface area contributed by atoms with Crippen LogP contribution in [0.2, 0.25) is 0 Å². The summed E-state index contributed by atoms with van der Waals surface area (Å²) in [6.45, 7) is 7.15. The molecule has 7 heteroatoms. The molecule has 0 amide bonds. The molecule has 0 spiro atoms. The number of nitrogens with one attached hydrogen (secondary N) is 2. The largest absolute Gasteiger partial charge is 0.381 e. The molecule has 0 aromatic carbocycles. The van der Waals surface area contributed by atoms with Crippen molar-refractivity contribution in [2.45, 2.75) is 39.5 Å². The third kappa shape index (κ3) is 8.29.